The lowest BCUT2D eigenvalue weighted by molar-refractivity contribution is -0.117. The van der Waals surface area contributed by atoms with Crippen molar-refractivity contribution in [1.29, 1.82) is 0 Å². The number of benzene rings is 1. The fourth-order valence-corrected chi connectivity index (χ4v) is 2.96. The van der Waals surface area contributed by atoms with E-state index in [1.165, 1.54) is 0 Å². The molecule has 8 heteroatoms. The minimum atomic E-state index is 0. The Kier molecular flexibility index (Phi) is 7.43. The standard InChI is InChI=1S/C18H23N5O2.HI/c1-19-18(22(2)13-15-8-10-25-21-15)20-12-14-5-3-6-16(11-14)23-9-4-7-17(23)24;/h3,5-6,8,10-11H,4,7,9,12-13H2,1-2H3,(H,19,20);1H. The molecule has 2 heterocycles. The van der Waals surface area contributed by atoms with Crippen molar-refractivity contribution in [2.24, 2.45) is 4.99 Å². The van der Waals surface area contributed by atoms with Crippen molar-refractivity contribution in [2.75, 3.05) is 25.5 Å². The van der Waals surface area contributed by atoms with Crippen LogP contribution in [0.1, 0.15) is 24.1 Å². The number of rotatable bonds is 5. The number of amides is 1. The predicted molar refractivity (Wildman–Crippen MR) is 112 cm³/mol. The first-order valence-electron chi connectivity index (χ1n) is 8.37. The third-order valence-corrected chi connectivity index (χ3v) is 4.21. The number of hydrogen-bond donors (Lipinski definition) is 1. The minimum Gasteiger partial charge on any atom is -0.364 e. The van der Waals surface area contributed by atoms with Gasteiger partial charge in [-0.15, -0.1) is 24.0 Å². The summed E-state index contributed by atoms with van der Waals surface area (Å²) in [5, 5.41) is 7.26. The topological polar surface area (TPSA) is 74.0 Å². The maximum absolute atomic E-state index is 11.9. The van der Waals surface area contributed by atoms with Crippen molar-refractivity contribution in [1.82, 2.24) is 15.4 Å². The quantitative estimate of drug-likeness (QED) is 0.414. The summed E-state index contributed by atoms with van der Waals surface area (Å²) in [5.74, 6) is 0.971. The number of nitrogens with zero attached hydrogens (tertiary/aromatic N) is 4. The van der Waals surface area contributed by atoms with Crippen LogP contribution in [0.3, 0.4) is 0 Å². The highest BCUT2D eigenvalue weighted by Crippen LogP contribution is 2.22. The molecule has 1 aliphatic heterocycles. The average molecular weight is 469 g/mol. The Bertz CT molecular complexity index is 748. The van der Waals surface area contributed by atoms with Crippen LogP contribution >= 0.6 is 24.0 Å². The van der Waals surface area contributed by atoms with Gasteiger partial charge in [-0.05, 0) is 24.1 Å². The Balaban J connectivity index is 0.00000243. The van der Waals surface area contributed by atoms with E-state index >= 15 is 0 Å². The number of guanidine groups is 1. The lowest BCUT2D eigenvalue weighted by atomic mass is 10.2. The average Bonchev–Trinajstić information content (AvgIpc) is 3.27. The molecule has 1 N–H and O–H groups in total. The first kappa shape index (κ1) is 20.2. The number of hydrogen-bond acceptors (Lipinski definition) is 4. The molecule has 0 bridgehead atoms. The van der Waals surface area contributed by atoms with Crippen LogP contribution < -0.4 is 10.2 Å². The maximum atomic E-state index is 11.9. The molecule has 2 aromatic rings. The van der Waals surface area contributed by atoms with Gasteiger partial charge in [0, 0.05) is 45.4 Å². The van der Waals surface area contributed by atoms with Gasteiger partial charge in [0.1, 0.15) is 12.0 Å². The van der Waals surface area contributed by atoms with E-state index in [0.29, 0.717) is 19.5 Å². The number of anilines is 1. The van der Waals surface area contributed by atoms with Crippen molar-refractivity contribution < 1.29 is 9.32 Å². The maximum Gasteiger partial charge on any atom is 0.227 e. The Hall–Kier alpha value is -2.10. The second kappa shape index (κ2) is 9.56. The molecule has 1 fully saturated rings. The molecule has 1 saturated heterocycles. The number of carbonyl (C=O) groups is 1. The van der Waals surface area contributed by atoms with Crippen molar-refractivity contribution in [3.63, 3.8) is 0 Å². The smallest absolute Gasteiger partial charge is 0.227 e. The van der Waals surface area contributed by atoms with Crippen LogP contribution in [0.4, 0.5) is 5.69 Å². The summed E-state index contributed by atoms with van der Waals surface area (Å²) in [6.45, 7) is 2.04. The molecule has 0 unspecified atom stereocenters. The summed E-state index contributed by atoms with van der Waals surface area (Å²) < 4.78 is 4.86. The van der Waals surface area contributed by atoms with Crippen molar-refractivity contribution >= 4 is 41.5 Å². The van der Waals surface area contributed by atoms with Crippen LogP contribution in [-0.4, -0.2) is 42.6 Å². The van der Waals surface area contributed by atoms with Gasteiger partial charge in [0.2, 0.25) is 5.91 Å². The fourth-order valence-electron chi connectivity index (χ4n) is 2.96. The Morgan fingerprint density at radius 2 is 2.27 bits per heavy atom. The van der Waals surface area contributed by atoms with E-state index in [-0.39, 0.29) is 29.9 Å². The molecule has 7 nitrogen and oxygen atoms in total. The van der Waals surface area contributed by atoms with E-state index in [0.717, 1.165) is 35.9 Å². The lowest BCUT2D eigenvalue weighted by Crippen LogP contribution is -2.38. The van der Waals surface area contributed by atoms with Gasteiger partial charge < -0.3 is 19.6 Å². The van der Waals surface area contributed by atoms with Crippen LogP contribution in [0.2, 0.25) is 0 Å². The van der Waals surface area contributed by atoms with Crippen molar-refractivity contribution in [2.45, 2.75) is 25.9 Å². The van der Waals surface area contributed by atoms with Crippen LogP contribution in [0.15, 0.2) is 46.1 Å². The monoisotopic (exact) mass is 469 g/mol. The molecule has 0 atom stereocenters. The summed E-state index contributed by atoms with van der Waals surface area (Å²) in [6, 6.07) is 9.90. The highest BCUT2D eigenvalue weighted by atomic mass is 127. The molecule has 0 saturated carbocycles. The zero-order chi connectivity index (χ0) is 17.6. The van der Waals surface area contributed by atoms with E-state index in [9.17, 15) is 4.79 Å². The Morgan fingerprint density at radius 1 is 1.42 bits per heavy atom. The van der Waals surface area contributed by atoms with E-state index < -0.39 is 0 Å². The van der Waals surface area contributed by atoms with E-state index in [1.54, 1.807) is 13.3 Å². The van der Waals surface area contributed by atoms with E-state index in [4.69, 9.17) is 4.52 Å². The van der Waals surface area contributed by atoms with Crippen LogP contribution in [-0.2, 0) is 17.9 Å². The molecule has 1 aliphatic rings. The third-order valence-electron chi connectivity index (χ3n) is 4.21. The molecular formula is C18H24IN5O2. The summed E-state index contributed by atoms with van der Waals surface area (Å²) in [5.41, 5.74) is 2.92. The highest BCUT2D eigenvalue weighted by Gasteiger charge is 2.21. The molecule has 3 rings (SSSR count). The third kappa shape index (κ3) is 4.96. The van der Waals surface area contributed by atoms with Gasteiger partial charge in [-0.3, -0.25) is 9.79 Å². The normalized spacial score (nSPS) is 14.3. The predicted octanol–water partition coefficient (Wildman–Crippen LogP) is 2.63. The molecule has 1 aromatic heterocycles. The largest absolute Gasteiger partial charge is 0.364 e. The first-order chi connectivity index (χ1) is 12.2. The van der Waals surface area contributed by atoms with Crippen molar-refractivity contribution in [3.8, 4) is 0 Å². The van der Waals surface area contributed by atoms with Gasteiger partial charge in [0.05, 0.1) is 6.54 Å². The van der Waals surface area contributed by atoms with Gasteiger partial charge in [0.15, 0.2) is 5.96 Å². The zero-order valence-electron chi connectivity index (χ0n) is 15.0. The number of aliphatic imine (C=N–C) groups is 1. The second-order valence-electron chi connectivity index (χ2n) is 6.07. The van der Waals surface area contributed by atoms with E-state index in [2.05, 4.69) is 21.5 Å². The first-order valence-corrected chi connectivity index (χ1v) is 8.37. The van der Waals surface area contributed by atoms with Crippen LogP contribution in [0.5, 0.6) is 0 Å². The molecule has 26 heavy (non-hydrogen) atoms. The van der Waals surface area contributed by atoms with Crippen molar-refractivity contribution in [3.05, 3.63) is 47.9 Å². The Morgan fingerprint density at radius 3 is 2.92 bits per heavy atom. The Labute approximate surface area is 170 Å². The molecular weight excluding hydrogens is 445 g/mol. The highest BCUT2D eigenvalue weighted by molar-refractivity contribution is 14.0. The molecule has 0 radical (unpaired) electrons. The SMILES string of the molecule is CN=C(NCc1cccc(N2CCCC2=O)c1)N(C)Cc1ccon1.I. The van der Waals surface area contributed by atoms with Crippen LogP contribution in [0, 0.1) is 0 Å². The zero-order valence-corrected chi connectivity index (χ0v) is 17.3. The number of carbonyl (C=O) groups excluding carboxylic acids is 1. The number of aromatic nitrogens is 1. The number of nitrogens with one attached hydrogen (secondary N) is 1. The molecule has 0 aliphatic carbocycles. The van der Waals surface area contributed by atoms with Crippen LogP contribution in [0.25, 0.3) is 0 Å². The van der Waals surface area contributed by atoms with Gasteiger partial charge in [-0.25, -0.2) is 0 Å². The summed E-state index contributed by atoms with van der Waals surface area (Å²) in [7, 11) is 3.70. The van der Waals surface area contributed by atoms with Gasteiger partial charge >= 0.3 is 0 Å². The lowest BCUT2D eigenvalue weighted by Gasteiger charge is -2.21. The van der Waals surface area contributed by atoms with Gasteiger partial charge in [-0.2, -0.15) is 0 Å². The van der Waals surface area contributed by atoms with Gasteiger partial charge in [0.25, 0.3) is 0 Å². The van der Waals surface area contributed by atoms with E-state index in [1.807, 2.05) is 41.1 Å². The van der Waals surface area contributed by atoms with Gasteiger partial charge in [-0.1, -0.05) is 17.3 Å². The summed E-state index contributed by atoms with van der Waals surface area (Å²) in [4.78, 5) is 20.0. The summed E-state index contributed by atoms with van der Waals surface area (Å²) >= 11 is 0. The molecule has 1 aromatic carbocycles. The number of halogens is 1. The molecule has 1 amide bonds. The fraction of sp³-hybridized carbons (Fsp3) is 0.389. The molecule has 0 spiro atoms. The second-order valence-corrected chi connectivity index (χ2v) is 6.07. The minimum absolute atomic E-state index is 0. The molecule has 140 valence electrons. The summed E-state index contributed by atoms with van der Waals surface area (Å²) in [6.07, 6.45) is 3.13.